The number of thioether (sulfide) groups is 1. The summed E-state index contributed by atoms with van der Waals surface area (Å²) in [6.07, 6.45) is 0. The molecule has 2 aromatic rings. The van der Waals surface area contributed by atoms with Crippen LogP contribution < -0.4 is 16.0 Å². The average molecular weight is 292 g/mol. The molecule has 106 valence electrons. The zero-order valence-electron chi connectivity index (χ0n) is 11.2. The summed E-state index contributed by atoms with van der Waals surface area (Å²) in [4.78, 5) is 1.12. The van der Waals surface area contributed by atoms with Crippen molar-refractivity contribution in [3.8, 4) is 5.75 Å². The first-order valence-electron chi connectivity index (χ1n) is 6.22. The second kappa shape index (κ2) is 7.28. The van der Waals surface area contributed by atoms with Gasteiger partial charge in [0.25, 0.3) is 0 Å². The van der Waals surface area contributed by atoms with Crippen LogP contribution >= 0.6 is 11.8 Å². The van der Waals surface area contributed by atoms with E-state index in [1.165, 1.54) is 7.11 Å². The number of hydrogen-bond acceptors (Lipinski definition) is 4. The summed E-state index contributed by atoms with van der Waals surface area (Å²) in [6.45, 7) is 0. The highest BCUT2D eigenvalue weighted by molar-refractivity contribution is 7.99. The maximum atomic E-state index is 14.2. The first kappa shape index (κ1) is 14.8. The molecule has 2 aromatic carbocycles. The maximum absolute atomic E-state index is 14.2. The van der Waals surface area contributed by atoms with Crippen LogP contribution in [0.1, 0.15) is 11.6 Å². The van der Waals surface area contributed by atoms with Gasteiger partial charge in [-0.05, 0) is 18.2 Å². The minimum Gasteiger partial charge on any atom is -0.494 e. The highest BCUT2D eigenvalue weighted by Crippen LogP contribution is 2.29. The third-order valence-electron chi connectivity index (χ3n) is 2.95. The van der Waals surface area contributed by atoms with E-state index in [-0.39, 0.29) is 17.6 Å². The number of hydrazine groups is 1. The lowest BCUT2D eigenvalue weighted by molar-refractivity contribution is 0.381. The highest BCUT2D eigenvalue weighted by atomic mass is 32.2. The van der Waals surface area contributed by atoms with E-state index in [1.54, 1.807) is 30.0 Å². The van der Waals surface area contributed by atoms with Crippen molar-refractivity contribution >= 4 is 11.8 Å². The number of hydrogen-bond donors (Lipinski definition) is 2. The Hall–Kier alpha value is -1.56. The van der Waals surface area contributed by atoms with E-state index < -0.39 is 0 Å². The lowest BCUT2D eigenvalue weighted by Gasteiger charge is -2.17. The molecule has 3 nitrogen and oxygen atoms in total. The number of benzene rings is 2. The Bertz CT molecular complexity index is 551. The lowest BCUT2D eigenvalue weighted by Crippen LogP contribution is -2.30. The average Bonchev–Trinajstić information content (AvgIpc) is 2.50. The largest absolute Gasteiger partial charge is 0.494 e. The van der Waals surface area contributed by atoms with Gasteiger partial charge < -0.3 is 4.74 Å². The first-order chi connectivity index (χ1) is 9.76. The SMILES string of the molecule is COc1cccc(C(CSc2ccccc2)NN)c1F. The summed E-state index contributed by atoms with van der Waals surface area (Å²) >= 11 is 1.62. The third-order valence-corrected chi connectivity index (χ3v) is 4.06. The predicted molar refractivity (Wildman–Crippen MR) is 80.2 cm³/mol. The van der Waals surface area contributed by atoms with Gasteiger partial charge in [0, 0.05) is 16.2 Å². The molecule has 0 saturated heterocycles. The summed E-state index contributed by atoms with van der Waals surface area (Å²) < 4.78 is 19.2. The number of nitrogens with two attached hydrogens (primary N) is 1. The molecular formula is C15H17FN2OS. The van der Waals surface area contributed by atoms with Crippen LogP contribution in [-0.2, 0) is 0 Å². The van der Waals surface area contributed by atoms with Gasteiger partial charge in [-0.15, -0.1) is 11.8 Å². The zero-order chi connectivity index (χ0) is 14.4. The van der Waals surface area contributed by atoms with E-state index in [0.29, 0.717) is 11.3 Å². The molecule has 20 heavy (non-hydrogen) atoms. The van der Waals surface area contributed by atoms with Crippen LogP contribution in [0.2, 0.25) is 0 Å². The van der Waals surface area contributed by atoms with Crippen LogP contribution in [0, 0.1) is 5.82 Å². The molecule has 0 radical (unpaired) electrons. The third kappa shape index (κ3) is 3.50. The Morgan fingerprint density at radius 3 is 2.60 bits per heavy atom. The molecule has 0 spiro atoms. The molecule has 1 unspecified atom stereocenters. The Labute approximate surface area is 122 Å². The van der Waals surface area contributed by atoms with Crippen molar-refractivity contribution < 1.29 is 9.13 Å². The molecule has 0 heterocycles. The smallest absolute Gasteiger partial charge is 0.169 e. The molecule has 0 bridgehead atoms. The molecular weight excluding hydrogens is 275 g/mol. The summed E-state index contributed by atoms with van der Waals surface area (Å²) in [6, 6.07) is 14.7. The van der Waals surface area contributed by atoms with E-state index in [1.807, 2.05) is 30.3 Å². The van der Waals surface area contributed by atoms with E-state index >= 15 is 0 Å². The predicted octanol–water partition coefficient (Wildman–Crippen LogP) is 3.13. The monoisotopic (exact) mass is 292 g/mol. The molecule has 3 N–H and O–H groups in total. The molecule has 2 rings (SSSR count). The fraction of sp³-hybridized carbons (Fsp3) is 0.200. The maximum Gasteiger partial charge on any atom is 0.169 e. The number of nitrogens with one attached hydrogen (secondary N) is 1. The minimum atomic E-state index is -0.369. The van der Waals surface area contributed by atoms with Crippen LogP contribution in [-0.4, -0.2) is 12.9 Å². The second-order valence-electron chi connectivity index (χ2n) is 4.21. The lowest BCUT2D eigenvalue weighted by atomic mass is 10.1. The van der Waals surface area contributed by atoms with E-state index in [0.717, 1.165) is 4.90 Å². The van der Waals surface area contributed by atoms with Gasteiger partial charge in [0.1, 0.15) is 0 Å². The fourth-order valence-electron chi connectivity index (χ4n) is 1.88. The molecule has 0 amide bonds. The van der Waals surface area contributed by atoms with Crippen LogP contribution in [0.3, 0.4) is 0 Å². The number of methoxy groups -OCH3 is 1. The summed E-state index contributed by atoms with van der Waals surface area (Å²) in [5.74, 6) is 6.05. The van der Waals surface area contributed by atoms with E-state index in [9.17, 15) is 4.39 Å². The van der Waals surface area contributed by atoms with Gasteiger partial charge in [-0.2, -0.15) is 0 Å². The summed E-state index contributed by atoms with van der Waals surface area (Å²) in [5, 5.41) is 0. The van der Waals surface area contributed by atoms with Crippen LogP contribution in [0.4, 0.5) is 4.39 Å². The fourth-order valence-corrected chi connectivity index (χ4v) is 2.86. The standard InChI is InChI=1S/C15H17FN2OS/c1-19-14-9-5-8-12(15(14)16)13(18-17)10-20-11-6-3-2-4-7-11/h2-9,13,18H,10,17H2,1H3. The summed E-state index contributed by atoms with van der Waals surface area (Å²) in [7, 11) is 1.45. The van der Waals surface area contributed by atoms with Crippen molar-refractivity contribution in [1.29, 1.82) is 0 Å². The van der Waals surface area contributed by atoms with Crippen molar-refractivity contribution in [2.45, 2.75) is 10.9 Å². The van der Waals surface area contributed by atoms with Crippen molar-refractivity contribution in [3.05, 3.63) is 59.9 Å². The summed E-state index contributed by atoms with van der Waals surface area (Å²) in [5.41, 5.74) is 3.17. The van der Waals surface area contributed by atoms with Gasteiger partial charge in [0.05, 0.1) is 13.2 Å². The van der Waals surface area contributed by atoms with E-state index in [2.05, 4.69) is 5.43 Å². The van der Waals surface area contributed by atoms with Gasteiger partial charge in [0.15, 0.2) is 11.6 Å². The topological polar surface area (TPSA) is 47.3 Å². The van der Waals surface area contributed by atoms with Gasteiger partial charge >= 0.3 is 0 Å². The molecule has 0 aromatic heterocycles. The van der Waals surface area contributed by atoms with Crippen molar-refractivity contribution in [1.82, 2.24) is 5.43 Å². The zero-order valence-corrected chi connectivity index (χ0v) is 12.0. The molecule has 0 saturated carbocycles. The minimum absolute atomic E-state index is 0.229. The van der Waals surface area contributed by atoms with Crippen molar-refractivity contribution in [2.24, 2.45) is 5.84 Å². The van der Waals surface area contributed by atoms with Gasteiger partial charge in [-0.3, -0.25) is 11.3 Å². The number of ether oxygens (including phenoxy) is 1. The molecule has 0 aliphatic heterocycles. The van der Waals surface area contributed by atoms with Crippen LogP contribution in [0.15, 0.2) is 53.4 Å². The van der Waals surface area contributed by atoms with Crippen LogP contribution in [0.25, 0.3) is 0 Å². The Kier molecular flexibility index (Phi) is 5.40. The first-order valence-corrected chi connectivity index (χ1v) is 7.21. The Morgan fingerprint density at radius 1 is 1.20 bits per heavy atom. The second-order valence-corrected chi connectivity index (χ2v) is 5.30. The van der Waals surface area contributed by atoms with Crippen molar-refractivity contribution in [3.63, 3.8) is 0 Å². The van der Waals surface area contributed by atoms with Crippen molar-refractivity contribution in [2.75, 3.05) is 12.9 Å². The van der Waals surface area contributed by atoms with E-state index in [4.69, 9.17) is 10.6 Å². The number of halogens is 1. The van der Waals surface area contributed by atoms with Gasteiger partial charge in [-0.1, -0.05) is 30.3 Å². The number of rotatable bonds is 6. The Morgan fingerprint density at radius 2 is 1.95 bits per heavy atom. The van der Waals surface area contributed by atoms with Gasteiger partial charge in [-0.25, -0.2) is 4.39 Å². The molecule has 0 fully saturated rings. The molecule has 5 heteroatoms. The highest BCUT2D eigenvalue weighted by Gasteiger charge is 2.17. The van der Waals surface area contributed by atoms with Crippen LogP contribution in [0.5, 0.6) is 5.75 Å². The normalized spacial score (nSPS) is 12.2. The molecule has 0 aliphatic carbocycles. The quantitative estimate of drug-likeness (QED) is 0.488. The Balaban J connectivity index is 2.12. The molecule has 0 aliphatic rings. The van der Waals surface area contributed by atoms with Gasteiger partial charge in [0.2, 0.25) is 0 Å². The molecule has 1 atom stereocenters.